The summed E-state index contributed by atoms with van der Waals surface area (Å²) in [5.41, 5.74) is 3.01. The van der Waals surface area contributed by atoms with Crippen LogP contribution >= 0.6 is 0 Å². The molecule has 1 aliphatic heterocycles. The number of aromatic nitrogens is 1. The molecular weight excluding hydrogens is 250 g/mol. The van der Waals surface area contributed by atoms with Gasteiger partial charge >= 0.3 is 0 Å². The second kappa shape index (κ2) is 5.29. The average Bonchev–Trinajstić information content (AvgIpc) is 2.85. The van der Waals surface area contributed by atoms with Crippen LogP contribution < -0.4 is 0 Å². The lowest BCUT2D eigenvalue weighted by Crippen LogP contribution is -2.48. The predicted octanol–water partition coefficient (Wildman–Crippen LogP) is 2.25. The maximum atomic E-state index is 12.5. The van der Waals surface area contributed by atoms with Gasteiger partial charge in [0.15, 0.2) is 0 Å². The van der Waals surface area contributed by atoms with Gasteiger partial charge in [0.2, 0.25) is 0 Å². The smallest absolute Gasteiger partial charge is 0.253 e. The Bertz CT molecular complexity index is 624. The molecular formula is C16H21N3O. The van der Waals surface area contributed by atoms with Gasteiger partial charge in [-0.05, 0) is 37.7 Å². The summed E-state index contributed by atoms with van der Waals surface area (Å²) in [4.78, 5) is 20.2. The molecule has 2 heterocycles. The number of aryl methyl sites for hydroxylation is 1. The van der Waals surface area contributed by atoms with Crippen molar-refractivity contribution in [2.24, 2.45) is 0 Å². The summed E-state index contributed by atoms with van der Waals surface area (Å²) in [5, 5.41) is 1.11. The zero-order valence-electron chi connectivity index (χ0n) is 12.1. The molecule has 0 radical (unpaired) electrons. The number of H-pyrrole nitrogens is 1. The monoisotopic (exact) mass is 271 g/mol. The van der Waals surface area contributed by atoms with Gasteiger partial charge in [-0.15, -0.1) is 0 Å². The van der Waals surface area contributed by atoms with Crippen LogP contribution in [-0.4, -0.2) is 53.4 Å². The first kappa shape index (κ1) is 13.2. The van der Waals surface area contributed by atoms with Gasteiger partial charge in [-0.2, -0.15) is 0 Å². The maximum absolute atomic E-state index is 12.5. The fourth-order valence-corrected chi connectivity index (χ4v) is 2.86. The highest BCUT2D eigenvalue weighted by Gasteiger charge is 2.21. The second-order valence-electron chi connectivity index (χ2n) is 5.48. The molecule has 1 aliphatic rings. The summed E-state index contributed by atoms with van der Waals surface area (Å²) in [5.74, 6) is 0.154. The fraction of sp³-hybridized carbons (Fsp3) is 0.438. The molecule has 1 saturated heterocycles. The number of carbonyl (C=O) groups excluding carboxylic acids is 1. The van der Waals surface area contributed by atoms with Crippen LogP contribution in [0.3, 0.4) is 0 Å². The number of piperazine rings is 1. The van der Waals surface area contributed by atoms with Crippen molar-refractivity contribution in [3.8, 4) is 0 Å². The van der Waals surface area contributed by atoms with Gasteiger partial charge in [-0.1, -0.05) is 6.92 Å². The second-order valence-corrected chi connectivity index (χ2v) is 5.48. The van der Waals surface area contributed by atoms with E-state index >= 15 is 0 Å². The van der Waals surface area contributed by atoms with Crippen LogP contribution in [0.2, 0.25) is 0 Å². The molecule has 0 saturated carbocycles. The minimum absolute atomic E-state index is 0.154. The number of nitrogens with zero attached hydrogens (tertiary/aromatic N) is 2. The Hall–Kier alpha value is -1.81. The molecule has 0 spiro atoms. The SMILES string of the molecule is CCN1CCN(C(=O)c2ccc3[nH]c(C)cc3c2)CC1. The Balaban J connectivity index is 1.78. The Labute approximate surface area is 119 Å². The van der Waals surface area contributed by atoms with Crippen molar-refractivity contribution in [2.45, 2.75) is 13.8 Å². The minimum Gasteiger partial charge on any atom is -0.359 e. The molecule has 4 nitrogen and oxygen atoms in total. The number of likely N-dealkylation sites (N-methyl/N-ethyl adjacent to an activating group) is 1. The van der Waals surface area contributed by atoms with Crippen molar-refractivity contribution < 1.29 is 4.79 Å². The molecule has 0 atom stereocenters. The average molecular weight is 271 g/mol. The molecule has 2 aromatic rings. The number of amides is 1. The third kappa shape index (κ3) is 2.43. The van der Waals surface area contributed by atoms with Crippen LogP contribution in [0.25, 0.3) is 10.9 Å². The molecule has 1 fully saturated rings. The fourth-order valence-electron chi connectivity index (χ4n) is 2.86. The zero-order valence-corrected chi connectivity index (χ0v) is 12.1. The highest BCUT2D eigenvalue weighted by Crippen LogP contribution is 2.18. The van der Waals surface area contributed by atoms with Gasteiger partial charge in [0.05, 0.1) is 0 Å². The molecule has 106 valence electrons. The maximum Gasteiger partial charge on any atom is 0.253 e. The molecule has 1 aromatic carbocycles. The predicted molar refractivity (Wildman–Crippen MR) is 81.1 cm³/mol. The van der Waals surface area contributed by atoms with Crippen molar-refractivity contribution in [1.82, 2.24) is 14.8 Å². The lowest BCUT2D eigenvalue weighted by molar-refractivity contribution is 0.0643. The van der Waals surface area contributed by atoms with E-state index < -0.39 is 0 Å². The Morgan fingerprint density at radius 2 is 1.95 bits per heavy atom. The number of hydrogen-bond donors (Lipinski definition) is 1. The Kier molecular flexibility index (Phi) is 3.49. The van der Waals surface area contributed by atoms with E-state index in [2.05, 4.69) is 22.9 Å². The molecule has 1 N–H and O–H groups in total. The number of fused-ring (bicyclic) bond motifs is 1. The van der Waals surface area contributed by atoms with Gasteiger partial charge < -0.3 is 14.8 Å². The first-order valence-electron chi connectivity index (χ1n) is 7.28. The number of benzene rings is 1. The summed E-state index contributed by atoms with van der Waals surface area (Å²) in [7, 11) is 0. The third-order valence-electron chi connectivity index (χ3n) is 4.11. The molecule has 0 aliphatic carbocycles. The number of nitrogens with one attached hydrogen (secondary N) is 1. The summed E-state index contributed by atoms with van der Waals surface area (Å²) in [6, 6.07) is 8.00. The standard InChI is InChI=1S/C16H21N3O/c1-3-18-6-8-19(9-7-18)16(20)13-4-5-15-14(11-13)10-12(2)17-15/h4-5,10-11,17H,3,6-9H2,1-2H3. The van der Waals surface area contributed by atoms with Crippen LogP contribution in [0.1, 0.15) is 23.0 Å². The van der Waals surface area contributed by atoms with Gasteiger partial charge in [-0.25, -0.2) is 0 Å². The Morgan fingerprint density at radius 1 is 1.20 bits per heavy atom. The van der Waals surface area contributed by atoms with Crippen molar-refractivity contribution in [3.63, 3.8) is 0 Å². The van der Waals surface area contributed by atoms with Crippen molar-refractivity contribution in [2.75, 3.05) is 32.7 Å². The van der Waals surface area contributed by atoms with E-state index in [0.29, 0.717) is 0 Å². The lowest BCUT2D eigenvalue weighted by Gasteiger charge is -2.34. The van der Waals surface area contributed by atoms with Crippen LogP contribution in [0.5, 0.6) is 0 Å². The summed E-state index contributed by atoms with van der Waals surface area (Å²) < 4.78 is 0. The summed E-state index contributed by atoms with van der Waals surface area (Å²) >= 11 is 0. The molecule has 3 rings (SSSR count). The highest BCUT2D eigenvalue weighted by atomic mass is 16.2. The summed E-state index contributed by atoms with van der Waals surface area (Å²) in [6.45, 7) is 8.89. The molecule has 1 amide bonds. The van der Waals surface area contributed by atoms with Gasteiger partial charge in [0.1, 0.15) is 0 Å². The van der Waals surface area contributed by atoms with Gasteiger partial charge in [-0.3, -0.25) is 4.79 Å². The highest BCUT2D eigenvalue weighted by molar-refractivity contribution is 5.98. The van der Waals surface area contributed by atoms with E-state index in [1.165, 1.54) is 0 Å². The van der Waals surface area contributed by atoms with E-state index in [0.717, 1.165) is 54.9 Å². The zero-order chi connectivity index (χ0) is 14.1. The largest absolute Gasteiger partial charge is 0.359 e. The molecule has 0 unspecified atom stereocenters. The van der Waals surface area contributed by atoms with Crippen LogP contribution in [-0.2, 0) is 0 Å². The molecule has 20 heavy (non-hydrogen) atoms. The van der Waals surface area contributed by atoms with Crippen molar-refractivity contribution >= 4 is 16.8 Å². The summed E-state index contributed by atoms with van der Waals surface area (Å²) in [6.07, 6.45) is 0. The van der Waals surface area contributed by atoms with Crippen molar-refractivity contribution in [1.29, 1.82) is 0 Å². The molecule has 4 heteroatoms. The van der Waals surface area contributed by atoms with E-state index in [-0.39, 0.29) is 5.91 Å². The first-order valence-corrected chi connectivity index (χ1v) is 7.28. The molecule has 0 bridgehead atoms. The van der Waals surface area contributed by atoms with Crippen molar-refractivity contribution in [3.05, 3.63) is 35.5 Å². The molecule has 1 aromatic heterocycles. The number of aromatic amines is 1. The van der Waals surface area contributed by atoms with Gasteiger partial charge in [0.25, 0.3) is 5.91 Å². The van der Waals surface area contributed by atoms with E-state index in [9.17, 15) is 4.79 Å². The van der Waals surface area contributed by atoms with E-state index in [4.69, 9.17) is 0 Å². The van der Waals surface area contributed by atoms with Crippen LogP contribution in [0, 0.1) is 6.92 Å². The van der Waals surface area contributed by atoms with Crippen LogP contribution in [0.4, 0.5) is 0 Å². The lowest BCUT2D eigenvalue weighted by atomic mass is 10.1. The van der Waals surface area contributed by atoms with E-state index in [1.807, 2.05) is 30.0 Å². The topological polar surface area (TPSA) is 39.3 Å². The number of hydrogen-bond acceptors (Lipinski definition) is 2. The Morgan fingerprint density at radius 3 is 2.65 bits per heavy atom. The van der Waals surface area contributed by atoms with E-state index in [1.54, 1.807) is 0 Å². The first-order chi connectivity index (χ1) is 9.67. The minimum atomic E-state index is 0.154. The number of rotatable bonds is 2. The number of carbonyl (C=O) groups is 1. The van der Waals surface area contributed by atoms with Crippen LogP contribution in [0.15, 0.2) is 24.3 Å². The quantitative estimate of drug-likeness (QED) is 0.910. The van der Waals surface area contributed by atoms with Gasteiger partial charge in [0, 0.05) is 48.3 Å². The third-order valence-corrected chi connectivity index (χ3v) is 4.11. The normalized spacial score (nSPS) is 16.8.